The van der Waals surface area contributed by atoms with Gasteiger partial charge in [-0.3, -0.25) is 4.79 Å². The SMILES string of the molecule is CC(C)N(C)c1nc(NC2CCC(N(C)C)C(F)C2)ncc1/C=C(\C=O)c1ccc(NSCCC(F)(F)F)c(F)c1. The molecule has 0 saturated heterocycles. The smallest absolute Gasteiger partial charge is 0.357 e. The van der Waals surface area contributed by atoms with E-state index in [9.17, 15) is 26.7 Å². The Kier molecular flexibility index (Phi) is 11.4. The van der Waals surface area contributed by atoms with Crippen LogP contribution in [0.3, 0.4) is 0 Å². The molecule has 3 unspecified atom stereocenters. The Morgan fingerprint density at radius 2 is 1.95 bits per heavy atom. The largest absolute Gasteiger partial charge is 0.389 e. The molecule has 0 spiro atoms. The molecule has 7 nitrogen and oxygen atoms in total. The third kappa shape index (κ3) is 9.29. The topological polar surface area (TPSA) is 73.4 Å². The molecule has 1 heterocycles. The first-order chi connectivity index (χ1) is 19.3. The maximum atomic E-state index is 14.7. The Morgan fingerprint density at radius 3 is 2.54 bits per heavy atom. The summed E-state index contributed by atoms with van der Waals surface area (Å²) in [6, 6.07) is 3.84. The van der Waals surface area contributed by atoms with E-state index in [2.05, 4.69) is 20.0 Å². The lowest BCUT2D eigenvalue weighted by molar-refractivity contribution is -0.129. The minimum absolute atomic E-state index is 0.0142. The van der Waals surface area contributed by atoms with Crippen LogP contribution in [0.25, 0.3) is 11.6 Å². The quantitative estimate of drug-likeness (QED) is 0.0948. The molecule has 2 aromatic rings. The minimum Gasteiger partial charge on any atom is -0.357 e. The second-order valence-corrected chi connectivity index (χ2v) is 11.5. The third-order valence-electron chi connectivity index (χ3n) is 7.05. The van der Waals surface area contributed by atoms with Crippen LogP contribution in [-0.2, 0) is 4.79 Å². The van der Waals surface area contributed by atoms with Gasteiger partial charge in [0.25, 0.3) is 0 Å². The summed E-state index contributed by atoms with van der Waals surface area (Å²) in [5.41, 5.74) is 1.000. The molecule has 0 aliphatic heterocycles. The molecule has 0 radical (unpaired) electrons. The molecule has 1 aliphatic rings. The van der Waals surface area contributed by atoms with Crippen LogP contribution >= 0.6 is 11.9 Å². The fraction of sp³-hybridized carbons (Fsp3) is 0.536. The summed E-state index contributed by atoms with van der Waals surface area (Å²) in [6.07, 6.45) is -0.705. The van der Waals surface area contributed by atoms with Gasteiger partial charge < -0.3 is 19.8 Å². The van der Waals surface area contributed by atoms with Crippen LogP contribution in [0.15, 0.2) is 24.4 Å². The molecule has 1 aromatic heterocycles. The van der Waals surface area contributed by atoms with Gasteiger partial charge in [0.15, 0.2) is 6.29 Å². The second-order valence-electron chi connectivity index (χ2n) is 10.6. The summed E-state index contributed by atoms with van der Waals surface area (Å²) in [5.74, 6) is -0.0923. The number of carbonyl (C=O) groups excluding carboxylic acids is 1. The highest BCUT2D eigenvalue weighted by Crippen LogP contribution is 2.30. The highest BCUT2D eigenvalue weighted by Gasteiger charge is 2.32. The van der Waals surface area contributed by atoms with Crippen LogP contribution in [0.2, 0.25) is 0 Å². The predicted molar refractivity (Wildman–Crippen MR) is 156 cm³/mol. The van der Waals surface area contributed by atoms with Crippen molar-refractivity contribution in [1.82, 2.24) is 14.9 Å². The van der Waals surface area contributed by atoms with Crippen molar-refractivity contribution < 1.29 is 26.7 Å². The van der Waals surface area contributed by atoms with Gasteiger partial charge in [-0.25, -0.2) is 13.8 Å². The molecule has 2 N–H and O–H groups in total. The van der Waals surface area contributed by atoms with Crippen molar-refractivity contribution in [3.8, 4) is 0 Å². The first-order valence-electron chi connectivity index (χ1n) is 13.4. The lowest BCUT2D eigenvalue weighted by atomic mass is 9.89. The van der Waals surface area contributed by atoms with Crippen LogP contribution in [0.4, 0.5) is 39.4 Å². The van der Waals surface area contributed by atoms with Gasteiger partial charge in [-0.2, -0.15) is 18.2 Å². The zero-order valence-corrected chi connectivity index (χ0v) is 24.6. The van der Waals surface area contributed by atoms with E-state index in [0.717, 1.165) is 24.4 Å². The standard InChI is InChI=1S/C28H37F5N6OS/c1-17(2)39(5)26-19(15-34-27(36-26)35-21-7-9-25(38(3)4)23(30)14-21)12-20(16-40)18-6-8-24(22(29)13-18)37-41-11-10-28(31,32)33/h6,8,12-13,15-17,21,23,25,37H,7,9-11,14H2,1-5H3,(H,34,35,36)/b20-12+. The second kappa shape index (κ2) is 14.3. The van der Waals surface area contributed by atoms with Crippen molar-refractivity contribution in [2.45, 2.75) is 70.0 Å². The zero-order valence-electron chi connectivity index (χ0n) is 23.8. The number of hydrogen-bond acceptors (Lipinski definition) is 8. The van der Waals surface area contributed by atoms with Crippen LogP contribution in [0, 0.1) is 5.82 Å². The van der Waals surface area contributed by atoms with Crippen molar-refractivity contribution in [2.24, 2.45) is 0 Å². The molecule has 3 rings (SSSR count). The van der Waals surface area contributed by atoms with E-state index in [1.54, 1.807) is 12.3 Å². The van der Waals surface area contributed by atoms with Gasteiger partial charge in [-0.15, -0.1) is 0 Å². The Morgan fingerprint density at radius 1 is 1.22 bits per heavy atom. The summed E-state index contributed by atoms with van der Waals surface area (Å²) in [6.45, 7) is 3.96. The maximum Gasteiger partial charge on any atom is 0.389 e. The number of hydrogen-bond donors (Lipinski definition) is 2. The lowest BCUT2D eigenvalue weighted by Gasteiger charge is -2.35. The number of anilines is 3. The highest BCUT2D eigenvalue weighted by atomic mass is 32.2. The fourth-order valence-corrected chi connectivity index (χ4v) is 5.26. The van der Waals surface area contributed by atoms with Crippen LogP contribution in [0.5, 0.6) is 0 Å². The number of aromatic nitrogens is 2. The molecule has 41 heavy (non-hydrogen) atoms. The van der Waals surface area contributed by atoms with E-state index < -0.39 is 24.6 Å². The Balaban J connectivity index is 1.81. The average Bonchev–Trinajstić information content (AvgIpc) is 2.89. The van der Waals surface area contributed by atoms with Crippen LogP contribution < -0.4 is 14.9 Å². The number of rotatable bonds is 12. The molecular weight excluding hydrogens is 563 g/mol. The summed E-state index contributed by atoms with van der Waals surface area (Å²) >= 11 is 0.748. The fourth-order valence-electron chi connectivity index (χ4n) is 4.50. The number of nitrogens with one attached hydrogen (secondary N) is 2. The van der Waals surface area contributed by atoms with Crippen molar-refractivity contribution in [2.75, 3.05) is 41.8 Å². The Bertz CT molecular complexity index is 1210. The van der Waals surface area contributed by atoms with Gasteiger partial charge in [0, 0.05) is 54.7 Å². The number of halogens is 5. The molecule has 13 heteroatoms. The van der Waals surface area contributed by atoms with Crippen LogP contribution in [-0.4, -0.2) is 78.5 Å². The molecule has 0 amide bonds. The molecule has 1 saturated carbocycles. The Hall–Kier alpha value is -2.93. The monoisotopic (exact) mass is 600 g/mol. The van der Waals surface area contributed by atoms with Gasteiger partial charge in [-0.1, -0.05) is 18.0 Å². The van der Waals surface area contributed by atoms with E-state index in [-0.39, 0.29) is 40.7 Å². The molecule has 1 aliphatic carbocycles. The summed E-state index contributed by atoms with van der Waals surface area (Å²) in [4.78, 5) is 25.0. The van der Waals surface area contributed by atoms with Crippen molar-refractivity contribution >= 4 is 47.3 Å². The number of aldehydes is 1. The van der Waals surface area contributed by atoms with E-state index in [1.165, 1.54) is 12.1 Å². The summed E-state index contributed by atoms with van der Waals surface area (Å²) < 4.78 is 69.0. The third-order valence-corrected chi connectivity index (χ3v) is 7.82. The van der Waals surface area contributed by atoms with Crippen LogP contribution in [0.1, 0.15) is 50.7 Å². The van der Waals surface area contributed by atoms with Crippen molar-refractivity contribution in [3.05, 3.63) is 41.3 Å². The molecular formula is C28H37F5N6OS. The average molecular weight is 601 g/mol. The number of allylic oxidation sites excluding steroid dienone is 1. The van der Waals surface area contributed by atoms with Crippen molar-refractivity contribution in [3.63, 3.8) is 0 Å². The van der Waals surface area contributed by atoms with E-state index in [0.29, 0.717) is 36.5 Å². The molecule has 0 bridgehead atoms. The molecule has 226 valence electrons. The van der Waals surface area contributed by atoms with Crippen molar-refractivity contribution in [1.29, 1.82) is 0 Å². The predicted octanol–water partition coefficient (Wildman–Crippen LogP) is 6.45. The van der Waals surface area contributed by atoms with Gasteiger partial charge in [0.2, 0.25) is 5.95 Å². The normalized spacial score (nSPS) is 19.9. The number of carbonyl (C=O) groups is 1. The minimum atomic E-state index is -4.29. The van der Waals surface area contributed by atoms with Gasteiger partial charge in [0.1, 0.15) is 17.8 Å². The molecule has 1 aromatic carbocycles. The first kappa shape index (κ1) is 32.6. The van der Waals surface area contributed by atoms with E-state index >= 15 is 0 Å². The number of nitrogens with zero attached hydrogens (tertiary/aromatic N) is 4. The lowest BCUT2D eigenvalue weighted by Crippen LogP contribution is -2.44. The highest BCUT2D eigenvalue weighted by molar-refractivity contribution is 8.00. The number of benzene rings is 1. The maximum absolute atomic E-state index is 14.7. The van der Waals surface area contributed by atoms with E-state index in [4.69, 9.17) is 0 Å². The van der Waals surface area contributed by atoms with Gasteiger partial charge >= 0.3 is 6.18 Å². The Labute approximate surface area is 242 Å². The number of alkyl halides is 4. The first-order valence-corrected chi connectivity index (χ1v) is 14.4. The molecule has 3 atom stereocenters. The molecule has 1 fully saturated rings. The zero-order chi connectivity index (χ0) is 30.3. The summed E-state index contributed by atoms with van der Waals surface area (Å²) in [5, 5.41) is 3.26. The van der Waals surface area contributed by atoms with E-state index in [1.807, 2.05) is 44.8 Å². The van der Waals surface area contributed by atoms with Gasteiger partial charge in [0.05, 0.1) is 12.1 Å². The summed E-state index contributed by atoms with van der Waals surface area (Å²) in [7, 11) is 5.61. The van der Waals surface area contributed by atoms with Gasteiger partial charge in [-0.05, 0) is 64.6 Å².